The Kier molecular flexibility index (Phi) is 5.48. The third-order valence-corrected chi connectivity index (χ3v) is 6.90. The van der Waals surface area contributed by atoms with Crippen molar-refractivity contribution in [2.75, 3.05) is 26.3 Å². The largest absolute Gasteiger partial charge is 0.379 e. The van der Waals surface area contributed by atoms with Crippen molar-refractivity contribution in [3.63, 3.8) is 0 Å². The SMILES string of the molecule is O=C(N1CCOCC(Cc2cccn3nccc23)C1)C1(c2cccc(F)c2)CCCC1. The first-order valence-corrected chi connectivity index (χ1v) is 11.2. The van der Waals surface area contributed by atoms with Crippen LogP contribution in [0.2, 0.25) is 0 Å². The fraction of sp³-hybridized carbons (Fsp3) is 0.440. The molecule has 6 heteroatoms. The Hall–Kier alpha value is -2.73. The van der Waals surface area contributed by atoms with Gasteiger partial charge in [0, 0.05) is 31.4 Å². The van der Waals surface area contributed by atoms with E-state index in [1.54, 1.807) is 18.3 Å². The zero-order valence-electron chi connectivity index (χ0n) is 17.7. The highest BCUT2D eigenvalue weighted by Crippen LogP contribution is 2.43. The summed E-state index contributed by atoms with van der Waals surface area (Å²) in [6, 6.07) is 12.8. The summed E-state index contributed by atoms with van der Waals surface area (Å²) in [7, 11) is 0. The minimum absolute atomic E-state index is 0.133. The monoisotopic (exact) mass is 421 g/mol. The molecule has 1 aliphatic heterocycles. The number of nitrogens with zero attached hydrogens (tertiary/aromatic N) is 3. The topological polar surface area (TPSA) is 46.8 Å². The van der Waals surface area contributed by atoms with Gasteiger partial charge < -0.3 is 9.64 Å². The lowest BCUT2D eigenvalue weighted by Crippen LogP contribution is -2.47. The Morgan fingerprint density at radius 3 is 2.90 bits per heavy atom. The van der Waals surface area contributed by atoms with Gasteiger partial charge in [0.15, 0.2) is 0 Å². The number of hydrogen-bond donors (Lipinski definition) is 0. The first-order valence-electron chi connectivity index (χ1n) is 11.2. The van der Waals surface area contributed by atoms with Gasteiger partial charge in [-0.2, -0.15) is 5.10 Å². The van der Waals surface area contributed by atoms with E-state index in [9.17, 15) is 9.18 Å². The van der Waals surface area contributed by atoms with E-state index < -0.39 is 5.41 Å². The average molecular weight is 422 g/mol. The van der Waals surface area contributed by atoms with Crippen molar-refractivity contribution in [2.45, 2.75) is 37.5 Å². The van der Waals surface area contributed by atoms with Gasteiger partial charge in [0.1, 0.15) is 5.82 Å². The zero-order chi connectivity index (χ0) is 21.3. The molecule has 1 saturated heterocycles. The molecule has 1 saturated carbocycles. The van der Waals surface area contributed by atoms with Gasteiger partial charge in [0.25, 0.3) is 0 Å². The van der Waals surface area contributed by atoms with Crippen molar-refractivity contribution in [3.8, 4) is 0 Å². The number of amides is 1. The van der Waals surface area contributed by atoms with E-state index in [2.05, 4.69) is 11.2 Å². The van der Waals surface area contributed by atoms with Gasteiger partial charge in [-0.1, -0.05) is 31.0 Å². The van der Waals surface area contributed by atoms with Crippen molar-refractivity contribution in [3.05, 3.63) is 71.8 Å². The van der Waals surface area contributed by atoms with Crippen LogP contribution in [-0.2, 0) is 21.4 Å². The summed E-state index contributed by atoms with van der Waals surface area (Å²) in [5.74, 6) is 0.0646. The Morgan fingerprint density at radius 1 is 1.19 bits per heavy atom. The number of carbonyl (C=O) groups excluding carboxylic acids is 1. The Labute approximate surface area is 181 Å². The molecule has 0 bridgehead atoms. The maximum Gasteiger partial charge on any atom is 0.233 e. The number of hydrogen-bond acceptors (Lipinski definition) is 3. The molecule has 1 unspecified atom stereocenters. The second-order valence-corrected chi connectivity index (χ2v) is 8.89. The number of pyridine rings is 1. The number of aromatic nitrogens is 2. The van der Waals surface area contributed by atoms with Crippen LogP contribution in [0.5, 0.6) is 0 Å². The predicted octanol–water partition coefficient (Wildman–Crippen LogP) is 4.00. The van der Waals surface area contributed by atoms with Gasteiger partial charge in [0.05, 0.1) is 24.1 Å². The van der Waals surface area contributed by atoms with Crippen molar-refractivity contribution < 1.29 is 13.9 Å². The molecule has 3 aromatic rings. The second-order valence-electron chi connectivity index (χ2n) is 8.89. The number of carbonyl (C=O) groups is 1. The molecule has 1 aromatic carbocycles. The van der Waals surface area contributed by atoms with Crippen LogP contribution in [0.25, 0.3) is 5.52 Å². The van der Waals surface area contributed by atoms with Gasteiger partial charge in [-0.3, -0.25) is 4.79 Å². The third kappa shape index (κ3) is 3.85. The van der Waals surface area contributed by atoms with Crippen LogP contribution in [0.4, 0.5) is 4.39 Å². The summed E-state index contributed by atoms with van der Waals surface area (Å²) in [5.41, 5.74) is 2.52. The Morgan fingerprint density at radius 2 is 2.06 bits per heavy atom. The van der Waals surface area contributed by atoms with Crippen molar-refractivity contribution in [1.29, 1.82) is 0 Å². The van der Waals surface area contributed by atoms with E-state index in [4.69, 9.17) is 4.74 Å². The molecular weight excluding hydrogens is 393 g/mol. The predicted molar refractivity (Wildman–Crippen MR) is 116 cm³/mol. The summed E-state index contributed by atoms with van der Waals surface area (Å²) in [4.78, 5) is 15.9. The van der Waals surface area contributed by atoms with Gasteiger partial charge in [0.2, 0.25) is 5.91 Å². The number of ether oxygens (including phenoxy) is 1. The number of benzene rings is 1. The van der Waals surface area contributed by atoms with E-state index in [0.29, 0.717) is 26.3 Å². The van der Waals surface area contributed by atoms with Crippen LogP contribution in [0.15, 0.2) is 54.9 Å². The minimum atomic E-state index is -0.609. The zero-order valence-corrected chi connectivity index (χ0v) is 17.7. The quantitative estimate of drug-likeness (QED) is 0.640. The molecule has 0 spiro atoms. The lowest BCUT2D eigenvalue weighted by Gasteiger charge is -2.35. The van der Waals surface area contributed by atoms with Gasteiger partial charge in [-0.05, 0) is 54.7 Å². The summed E-state index contributed by atoms with van der Waals surface area (Å²) >= 11 is 0. The van der Waals surface area contributed by atoms with Crippen molar-refractivity contribution in [1.82, 2.24) is 14.5 Å². The molecule has 1 aliphatic carbocycles. The number of rotatable bonds is 4. The number of halogens is 1. The first-order chi connectivity index (χ1) is 15.2. The van der Waals surface area contributed by atoms with Crippen LogP contribution in [-0.4, -0.2) is 46.7 Å². The highest BCUT2D eigenvalue weighted by atomic mass is 19.1. The summed E-state index contributed by atoms with van der Waals surface area (Å²) < 4.78 is 21.8. The number of fused-ring (bicyclic) bond motifs is 1. The maximum absolute atomic E-state index is 14.0. The van der Waals surface area contributed by atoms with E-state index in [0.717, 1.165) is 43.2 Å². The molecule has 3 heterocycles. The van der Waals surface area contributed by atoms with E-state index >= 15 is 0 Å². The third-order valence-electron chi connectivity index (χ3n) is 6.90. The maximum atomic E-state index is 14.0. The lowest BCUT2D eigenvalue weighted by molar-refractivity contribution is -0.137. The van der Waals surface area contributed by atoms with Crippen LogP contribution in [0.1, 0.15) is 36.8 Å². The lowest BCUT2D eigenvalue weighted by atomic mass is 9.77. The highest BCUT2D eigenvalue weighted by Gasteiger charge is 2.45. The molecule has 2 fully saturated rings. The molecule has 1 amide bonds. The summed E-state index contributed by atoms with van der Waals surface area (Å²) in [6.07, 6.45) is 8.15. The van der Waals surface area contributed by atoms with Gasteiger partial charge in [-0.25, -0.2) is 8.91 Å². The van der Waals surface area contributed by atoms with E-state index in [-0.39, 0.29) is 17.6 Å². The fourth-order valence-electron chi connectivity index (χ4n) is 5.38. The molecule has 2 aromatic heterocycles. The average Bonchev–Trinajstić information content (AvgIpc) is 3.41. The second kappa shape index (κ2) is 8.42. The normalized spacial score (nSPS) is 21.3. The molecule has 0 radical (unpaired) electrons. The van der Waals surface area contributed by atoms with Crippen LogP contribution in [0.3, 0.4) is 0 Å². The van der Waals surface area contributed by atoms with Crippen molar-refractivity contribution >= 4 is 11.4 Å². The Balaban J connectivity index is 1.40. The molecule has 5 nitrogen and oxygen atoms in total. The molecular formula is C25H28FN3O2. The summed E-state index contributed by atoms with van der Waals surface area (Å²) in [5, 5.41) is 4.33. The minimum Gasteiger partial charge on any atom is -0.379 e. The van der Waals surface area contributed by atoms with Crippen LogP contribution >= 0.6 is 0 Å². The summed E-state index contributed by atoms with van der Waals surface area (Å²) in [6.45, 7) is 2.42. The van der Waals surface area contributed by atoms with Crippen LogP contribution < -0.4 is 0 Å². The van der Waals surface area contributed by atoms with E-state index in [1.807, 2.05) is 33.8 Å². The first kappa shape index (κ1) is 20.2. The van der Waals surface area contributed by atoms with Crippen molar-refractivity contribution in [2.24, 2.45) is 5.92 Å². The van der Waals surface area contributed by atoms with Gasteiger partial charge >= 0.3 is 0 Å². The molecule has 2 aliphatic rings. The smallest absolute Gasteiger partial charge is 0.233 e. The standard InChI is InChI=1S/C25H28FN3O2/c26-22-7-3-6-21(16-22)25(9-1-2-10-25)24(30)28-13-14-31-18-19(17-28)15-20-5-4-12-29-23(20)8-11-27-29/h3-8,11-12,16,19H,1-2,9-10,13-15,17-18H2. The highest BCUT2D eigenvalue weighted by molar-refractivity contribution is 5.88. The Bertz CT molecular complexity index is 1070. The molecule has 31 heavy (non-hydrogen) atoms. The molecule has 162 valence electrons. The molecule has 1 atom stereocenters. The molecule has 0 N–H and O–H groups in total. The van der Waals surface area contributed by atoms with Crippen LogP contribution in [0, 0.1) is 11.7 Å². The fourth-order valence-corrected chi connectivity index (χ4v) is 5.38. The van der Waals surface area contributed by atoms with Gasteiger partial charge in [-0.15, -0.1) is 0 Å². The molecule has 5 rings (SSSR count). The van der Waals surface area contributed by atoms with E-state index in [1.165, 1.54) is 11.6 Å².